The molecular formula is C17H16O3. The highest BCUT2D eigenvalue weighted by molar-refractivity contribution is 5.77. The minimum Gasteiger partial charge on any atom is -0.469 e. The van der Waals surface area contributed by atoms with E-state index in [0.717, 1.165) is 17.9 Å². The van der Waals surface area contributed by atoms with Crippen LogP contribution in [0.15, 0.2) is 54.6 Å². The second-order valence-corrected chi connectivity index (χ2v) is 4.96. The fraction of sp³-hybridized carbons (Fsp3) is 0.235. The first-order valence-corrected chi connectivity index (χ1v) is 6.68. The van der Waals surface area contributed by atoms with E-state index in [0.29, 0.717) is 5.92 Å². The van der Waals surface area contributed by atoms with Crippen LogP contribution < -0.4 is 4.74 Å². The van der Waals surface area contributed by atoms with E-state index in [2.05, 4.69) is 0 Å². The Labute approximate surface area is 118 Å². The van der Waals surface area contributed by atoms with Gasteiger partial charge in [0.05, 0.1) is 13.0 Å². The fourth-order valence-electron chi connectivity index (χ4n) is 2.38. The van der Waals surface area contributed by atoms with Crippen molar-refractivity contribution in [3.8, 4) is 11.5 Å². The molecule has 1 saturated carbocycles. The summed E-state index contributed by atoms with van der Waals surface area (Å²) < 4.78 is 10.5. The molecule has 0 saturated heterocycles. The number of rotatable bonds is 4. The van der Waals surface area contributed by atoms with Crippen molar-refractivity contribution in [2.24, 2.45) is 5.92 Å². The molecule has 3 heteroatoms. The lowest BCUT2D eigenvalue weighted by molar-refractivity contribution is -0.142. The summed E-state index contributed by atoms with van der Waals surface area (Å²) in [5.74, 6) is 1.84. The summed E-state index contributed by atoms with van der Waals surface area (Å²) in [5, 5.41) is 0. The Morgan fingerprint density at radius 2 is 1.65 bits per heavy atom. The number of para-hydroxylation sites is 1. The van der Waals surface area contributed by atoms with E-state index in [1.807, 2.05) is 54.6 Å². The van der Waals surface area contributed by atoms with Crippen LogP contribution in [0.4, 0.5) is 0 Å². The van der Waals surface area contributed by atoms with E-state index in [-0.39, 0.29) is 11.9 Å². The van der Waals surface area contributed by atoms with Gasteiger partial charge in [0.2, 0.25) is 0 Å². The Bertz CT molecular complexity index is 589. The van der Waals surface area contributed by atoms with Gasteiger partial charge in [-0.25, -0.2) is 0 Å². The number of carbonyl (C=O) groups excluding carboxylic acids is 1. The zero-order valence-electron chi connectivity index (χ0n) is 11.3. The molecule has 0 aromatic heterocycles. The molecule has 2 aromatic carbocycles. The van der Waals surface area contributed by atoms with E-state index < -0.39 is 0 Å². The van der Waals surface area contributed by atoms with Crippen molar-refractivity contribution in [3.63, 3.8) is 0 Å². The number of methoxy groups -OCH3 is 1. The molecular weight excluding hydrogens is 252 g/mol. The molecule has 3 rings (SSSR count). The quantitative estimate of drug-likeness (QED) is 0.792. The zero-order chi connectivity index (χ0) is 13.9. The summed E-state index contributed by atoms with van der Waals surface area (Å²) in [6.45, 7) is 0. The van der Waals surface area contributed by atoms with Crippen LogP contribution in [0, 0.1) is 5.92 Å². The minimum atomic E-state index is -0.111. The molecule has 102 valence electrons. The maximum atomic E-state index is 11.4. The summed E-state index contributed by atoms with van der Waals surface area (Å²) in [4.78, 5) is 11.4. The SMILES string of the molecule is COC(=O)[C@@H]1C[C@H]1c1ccc(Oc2ccccc2)cc1. The Morgan fingerprint density at radius 3 is 2.30 bits per heavy atom. The number of carbonyl (C=O) groups is 1. The third-order valence-electron chi connectivity index (χ3n) is 3.58. The lowest BCUT2D eigenvalue weighted by atomic mass is 10.1. The number of ether oxygens (including phenoxy) is 2. The molecule has 0 spiro atoms. The van der Waals surface area contributed by atoms with Gasteiger partial charge in [-0.15, -0.1) is 0 Å². The lowest BCUT2D eigenvalue weighted by Gasteiger charge is -2.06. The minimum absolute atomic E-state index is 0.0286. The summed E-state index contributed by atoms with van der Waals surface area (Å²) in [5.41, 5.74) is 1.17. The number of hydrogen-bond acceptors (Lipinski definition) is 3. The topological polar surface area (TPSA) is 35.5 Å². The molecule has 0 bridgehead atoms. The molecule has 1 fully saturated rings. The van der Waals surface area contributed by atoms with E-state index in [1.165, 1.54) is 12.7 Å². The van der Waals surface area contributed by atoms with Gasteiger partial charge in [-0.2, -0.15) is 0 Å². The van der Waals surface area contributed by atoms with E-state index in [9.17, 15) is 4.79 Å². The van der Waals surface area contributed by atoms with Gasteiger partial charge in [-0.3, -0.25) is 4.79 Å². The van der Waals surface area contributed by atoms with Gasteiger partial charge in [0.25, 0.3) is 0 Å². The summed E-state index contributed by atoms with van der Waals surface area (Å²) in [6, 6.07) is 17.6. The number of esters is 1. The predicted octanol–water partition coefficient (Wildman–Crippen LogP) is 3.76. The normalized spacial score (nSPS) is 20.2. The van der Waals surface area contributed by atoms with Crippen molar-refractivity contribution in [2.45, 2.75) is 12.3 Å². The number of benzene rings is 2. The van der Waals surface area contributed by atoms with Gasteiger partial charge < -0.3 is 9.47 Å². The first-order chi connectivity index (χ1) is 9.78. The molecule has 0 radical (unpaired) electrons. The first-order valence-electron chi connectivity index (χ1n) is 6.68. The Hall–Kier alpha value is -2.29. The van der Waals surface area contributed by atoms with E-state index in [4.69, 9.17) is 9.47 Å². The fourth-order valence-corrected chi connectivity index (χ4v) is 2.38. The summed E-state index contributed by atoms with van der Waals surface area (Å²) in [7, 11) is 1.44. The van der Waals surface area contributed by atoms with Gasteiger partial charge in [0, 0.05) is 0 Å². The monoisotopic (exact) mass is 268 g/mol. The molecule has 2 aromatic rings. The van der Waals surface area contributed by atoms with Crippen LogP contribution in [0.2, 0.25) is 0 Å². The highest BCUT2D eigenvalue weighted by Gasteiger charge is 2.44. The average molecular weight is 268 g/mol. The van der Waals surface area contributed by atoms with Gasteiger partial charge in [-0.1, -0.05) is 30.3 Å². The molecule has 2 atom stereocenters. The van der Waals surface area contributed by atoms with Crippen molar-refractivity contribution in [3.05, 3.63) is 60.2 Å². The third-order valence-corrected chi connectivity index (χ3v) is 3.58. The van der Waals surface area contributed by atoms with Crippen molar-refractivity contribution < 1.29 is 14.3 Å². The van der Waals surface area contributed by atoms with Crippen molar-refractivity contribution in [2.75, 3.05) is 7.11 Å². The second kappa shape index (κ2) is 5.37. The average Bonchev–Trinajstić information content (AvgIpc) is 3.29. The highest BCUT2D eigenvalue weighted by atomic mass is 16.5. The predicted molar refractivity (Wildman–Crippen MR) is 75.8 cm³/mol. The van der Waals surface area contributed by atoms with Crippen molar-refractivity contribution >= 4 is 5.97 Å². The Kier molecular flexibility index (Phi) is 3.42. The standard InChI is InChI=1S/C17H16O3/c1-19-17(18)16-11-15(16)12-7-9-14(10-8-12)20-13-5-3-2-4-6-13/h2-10,15-16H,11H2,1H3/t15-,16+/m0/s1. The summed E-state index contributed by atoms with van der Waals surface area (Å²) >= 11 is 0. The molecule has 1 aliphatic carbocycles. The van der Waals surface area contributed by atoms with E-state index >= 15 is 0 Å². The second-order valence-electron chi connectivity index (χ2n) is 4.96. The molecule has 3 nitrogen and oxygen atoms in total. The molecule has 0 aliphatic heterocycles. The Morgan fingerprint density at radius 1 is 1.00 bits per heavy atom. The first kappa shape index (κ1) is 12.7. The van der Waals surface area contributed by atoms with Gasteiger partial charge in [0.1, 0.15) is 11.5 Å². The van der Waals surface area contributed by atoms with Gasteiger partial charge >= 0.3 is 5.97 Å². The maximum Gasteiger partial charge on any atom is 0.309 e. The van der Waals surface area contributed by atoms with Crippen LogP contribution in [-0.4, -0.2) is 13.1 Å². The van der Waals surface area contributed by atoms with Crippen LogP contribution in [0.3, 0.4) is 0 Å². The molecule has 0 N–H and O–H groups in total. The van der Waals surface area contributed by atoms with Crippen molar-refractivity contribution in [1.82, 2.24) is 0 Å². The van der Waals surface area contributed by atoms with Crippen LogP contribution >= 0.6 is 0 Å². The largest absolute Gasteiger partial charge is 0.469 e. The molecule has 1 aliphatic rings. The van der Waals surface area contributed by atoms with Gasteiger partial charge in [0.15, 0.2) is 0 Å². The van der Waals surface area contributed by atoms with Crippen molar-refractivity contribution in [1.29, 1.82) is 0 Å². The van der Waals surface area contributed by atoms with Crippen LogP contribution in [0.25, 0.3) is 0 Å². The lowest BCUT2D eigenvalue weighted by Crippen LogP contribution is -2.03. The Balaban J connectivity index is 1.65. The van der Waals surface area contributed by atoms with Crippen LogP contribution in [0.1, 0.15) is 17.9 Å². The van der Waals surface area contributed by atoms with Gasteiger partial charge in [-0.05, 0) is 42.2 Å². The van der Waals surface area contributed by atoms with E-state index in [1.54, 1.807) is 0 Å². The molecule has 0 heterocycles. The highest BCUT2D eigenvalue weighted by Crippen LogP contribution is 2.48. The van der Waals surface area contributed by atoms with Crippen LogP contribution in [0.5, 0.6) is 11.5 Å². The maximum absolute atomic E-state index is 11.4. The van der Waals surface area contributed by atoms with Crippen LogP contribution in [-0.2, 0) is 9.53 Å². The number of hydrogen-bond donors (Lipinski definition) is 0. The molecule has 20 heavy (non-hydrogen) atoms. The molecule has 0 amide bonds. The molecule has 0 unspecified atom stereocenters. The summed E-state index contributed by atoms with van der Waals surface area (Å²) in [6.07, 6.45) is 0.881. The zero-order valence-corrected chi connectivity index (χ0v) is 11.3. The smallest absolute Gasteiger partial charge is 0.309 e. The third kappa shape index (κ3) is 2.67.